The molecule has 4 aliphatic rings. The number of carbonyl (C=O) groups is 7. The molecule has 8 rings (SSSR count). The molecule has 0 radical (unpaired) electrons. The molecule has 0 spiro atoms. The number of hydrogen-bond donors (Lipinski definition) is 10. The molecule has 24 nitrogen and oxygen atoms in total. The number of carbonyl (C=O) groups excluding carboxylic acids is 6. The molecule has 65 heavy (non-hydrogen) atoms. The lowest BCUT2D eigenvalue weighted by molar-refractivity contribution is -0.287. The summed E-state index contributed by atoms with van der Waals surface area (Å²) in [4.78, 5) is 96.5. The van der Waals surface area contributed by atoms with E-state index in [0.717, 1.165) is 6.07 Å². The molecule has 4 heterocycles. The van der Waals surface area contributed by atoms with E-state index >= 15 is 0 Å². The topological polar surface area (TPSA) is 386 Å². The quantitative estimate of drug-likeness (QED) is 0.0588. The van der Waals surface area contributed by atoms with Crippen LogP contribution in [0.15, 0.2) is 48.5 Å². The second kappa shape index (κ2) is 16.0. The number of aliphatic hydroxyl groups is 1. The Morgan fingerprint density at radius 2 is 1.25 bits per heavy atom. The van der Waals surface area contributed by atoms with Crippen molar-refractivity contribution in [3.63, 3.8) is 0 Å². The summed E-state index contributed by atoms with van der Waals surface area (Å²) in [5, 5.41) is 105. The molecular formula is C41H30O24. The van der Waals surface area contributed by atoms with Crippen molar-refractivity contribution in [3.05, 3.63) is 76.3 Å². The lowest BCUT2D eigenvalue weighted by Gasteiger charge is -2.44. The Hall–Kier alpha value is -8.51. The number of carboxylic acid groups (broad SMARTS) is 1. The predicted octanol–water partition coefficient (Wildman–Crippen LogP) is 0.881. The Morgan fingerprint density at radius 1 is 0.646 bits per heavy atom. The van der Waals surface area contributed by atoms with E-state index in [-0.39, 0.29) is 5.56 Å². The van der Waals surface area contributed by atoms with Crippen molar-refractivity contribution >= 4 is 41.8 Å². The lowest BCUT2D eigenvalue weighted by Crippen LogP contribution is -2.63. The van der Waals surface area contributed by atoms with Gasteiger partial charge in [-0.15, -0.1) is 0 Å². The number of carboxylic acids is 1. The number of aliphatic hydroxyl groups excluding tert-OH is 1. The van der Waals surface area contributed by atoms with E-state index in [1.807, 2.05) is 0 Å². The van der Waals surface area contributed by atoms with Gasteiger partial charge in [0.15, 0.2) is 58.6 Å². The number of fused-ring (bicyclic) bond motifs is 3. The summed E-state index contributed by atoms with van der Waals surface area (Å²) >= 11 is 0. The summed E-state index contributed by atoms with van der Waals surface area (Å²) in [6.45, 7) is -1.08. The van der Waals surface area contributed by atoms with E-state index in [1.54, 1.807) is 0 Å². The normalized spacial score (nSPS) is 24.8. The van der Waals surface area contributed by atoms with Crippen molar-refractivity contribution in [1.29, 1.82) is 0 Å². The number of benzene rings is 4. The first-order chi connectivity index (χ1) is 30.8. The average molecular weight is 907 g/mol. The first-order valence-corrected chi connectivity index (χ1v) is 18.8. The number of aliphatic carboxylic acids is 1. The van der Waals surface area contributed by atoms with Crippen LogP contribution in [-0.2, 0) is 42.8 Å². The molecule has 4 bridgehead atoms. The van der Waals surface area contributed by atoms with Crippen molar-refractivity contribution < 1.29 is 118 Å². The highest BCUT2D eigenvalue weighted by atomic mass is 16.7. The lowest BCUT2D eigenvalue weighted by atomic mass is 9.76. The van der Waals surface area contributed by atoms with Gasteiger partial charge in [0.25, 0.3) is 0 Å². The second-order valence-electron chi connectivity index (χ2n) is 14.7. The van der Waals surface area contributed by atoms with Gasteiger partial charge in [-0.2, -0.15) is 0 Å². The van der Waals surface area contributed by atoms with Crippen molar-refractivity contribution in [2.45, 2.75) is 49.1 Å². The van der Waals surface area contributed by atoms with Crippen LogP contribution in [0.2, 0.25) is 0 Å². The van der Waals surface area contributed by atoms with Gasteiger partial charge in [0.1, 0.15) is 12.7 Å². The molecule has 0 amide bonds. The molecule has 24 heteroatoms. The fourth-order valence-electron chi connectivity index (χ4n) is 7.88. The molecule has 0 saturated carbocycles. The molecule has 0 unspecified atom stereocenters. The van der Waals surface area contributed by atoms with Gasteiger partial charge in [-0.05, 0) is 30.3 Å². The maximum atomic E-state index is 14.5. The minimum absolute atomic E-state index is 0.285. The molecule has 338 valence electrons. The highest BCUT2D eigenvalue weighted by molar-refractivity contribution is 6.06. The van der Waals surface area contributed by atoms with Gasteiger partial charge in [-0.1, -0.05) is 18.2 Å². The van der Waals surface area contributed by atoms with Crippen molar-refractivity contribution in [3.8, 4) is 62.9 Å². The zero-order valence-corrected chi connectivity index (χ0v) is 32.3. The minimum atomic E-state index is -2.50. The second-order valence-corrected chi connectivity index (χ2v) is 14.7. The number of rotatable bonds is 4. The third-order valence-electron chi connectivity index (χ3n) is 10.9. The largest absolute Gasteiger partial charge is 0.504 e. The van der Waals surface area contributed by atoms with Gasteiger partial charge in [0.05, 0.1) is 34.6 Å². The van der Waals surface area contributed by atoms with Gasteiger partial charge in [0, 0.05) is 22.6 Å². The van der Waals surface area contributed by atoms with Crippen LogP contribution < -0.4 is 4.74 Å². The van der Waals surface area contributed by atoms with E-state index in [2.05, 4.69) is 0 Å². The number of phenolic OH excluding ortho intramolecular Hbond substituents is 8. The molecule has 0 aliphatic carbocycles. The monoisotopic (exact) mass is 906 g/mol. The summed E-state index contributed by atoms with van der Waals surface area (Å²) < 4.78 is 39.3. The van der Waals surface area contributed by atoms with Crippen molar-refractivity contribution in [2.75, 3.05) is 6.61 Å². The number of cyclic esters (lactones) is 1. The van der Waals surface area contributed by atoms with Crippen LogP contribution in [0.1, 0.15) is 59.3 Å². The van der Waals surface area contributed by atoms with Gasteiger partial charge in [-0.3, -0.25) is 9.59 Å². The number of aromatic hydroxyl groups is 8. The van der Waals surface area contributed by atoms with E-state index in [9.17, 15) is 84.6 Å². The van der Waals surface area contributed by atoms with E-state index in [0.29, 0.717) is 24.3 Å². The van der Waals surface area contributed by atoms with Crippen LogP contribution in [0, 0.1) is 5.92 Å². The van der Waals surface area contributed by atoms with Crippen LogP contribution in [0.3, 0.4) is 0 Å². The van der Waals surface area contributed by atoms with Crippen LogP contribution in [0.4, 0.5) is 0 Å². The molecule has 10 N–H and O–H groups in total. The van der Waals surface area contributed by atoms with Crippen molar-refractivity contribution in [2.24, 2.45) is 5.92 Å². The maximum Gasteiger partial charge on any atom is 0.341 e. The van der Waals surface area contributed by atoms with Crippen molar-refractivity contribution in [1.82, 2.24) is 0 Å². The minimum Gasteiger partial charge on any atom is -0.504 e. The number of phenols is 8. The van der Waals surface area contributed by atoms with Crippen LogP contribution in [0.25, 0.3) is 11.1 Å². The Morgan fingerprint density at radius 3 is 1.92 bits per heavy atom. The third kappa shape index (κ3) is 7.30. The van der Waals surface area contributed by atoms with Crippen LogP contribution in [-0.4, -0.2) is 136 Å². The molecule has 4 aromatic carbocycles. The maximum absolute atomic E-state index is 14.5. The Balaban J connectivity index is 1.37. The number of hydrogen-bond acceptors (Lipinski definition) is 23. The molecule has 1 saturated heterocycles. The van der Waals surface area contributed by atoms with Gasteiger partial charge in [0.2, 0.25) is 23.9 Å². The number of esters is 6. The van der Waals surface area contributed by atoms with Gasteiger partial charge in [-0.25, -0.2) is 24.0 Å². The third-order valence-corrected chi connectivity index (χ3v) is 10.9. The Labute approximate surface area is 360 Å². The summed E-state index contributed by atoms with van der Waals surface area (Å²) in [6, 6.07) is 7.34. The SMILES string of the molecule is O=C(O)C[C@@H]1C(=O)O[C@H]2[C@@H]3OC(=O)c4cc(O)c(O)c(O)c4-c4ccccc4C(=O)OC[C@H]2O[C@@H](OC(=O)c2cc(O)c(O)c(O)c2)[C@@H]3OC(=O)c2cc(O)c(O)c3c2[C@H]1[C@H](O)C(=O)O3. The van der Waals surface area contributed by atoms with E-state index in [4.69, 9.17) is 33.2 Å². The van der Waals surface area contributed by atoms with E-state index in [1.165, 1.54) is 18.2 Å². The summed E-state index contributed by atoms with van der Waals surface area (Å²) in [6.07, 6.45) is -15.4. The van der Waals surface area contributed by atoms with Gasteiger partial charge >= 0.3 is 41.8 Å². The van der Waals surface area contributed by atoms with Crippen LogP contribution in [0.5, 0.6) is 51.7 Å². The summed E-state index contributed by atoms with van der Waals surface area (Å²) in [5.41, 5.74) is -4.64. The first-order valence-electron chi connectivity index (χ1n) is 18.8. The van der Waals surface area contributed by atoms with Gasteiger partial charge < -0.3 is 84.2 Å². The average Bonchev–Trinajstić information content (AvgIpc) is 3.26. The molecule has 4 aromatic rings. The Bertz CT molecular complexity index is 2740. The molecule has 0 aromatic heterocycles. The molecule has 1 fully saturated rings. The molecular weight excluding hydrogens is 876 g/mol. The fourth-order valence-corrected chi connectivity index (χ4v) is 7.88. The highest BCUT2D eigenvalue weighted by Crippen LogP contribution is 2.52. The molecule has 8 atom stereocenters. The zero-order valence-electron chi connectivity index (χ0n) is 32.3. The number of ether oxygens (including phenoxy) is 7. The van der Waals surface area contributed by atoms with E-state index < -0.39 is 189 Å². The summed E-state index contributed by atoms with van der Waals surface area (Å²) in [7, 11) is 0. The molecule has 4 aliphatic heterocycles. The first kappa shape index (κ1) is 43.2. The zero-order chi connectivity index (χ0) is 46.9. The standard InChI is InChI=1S/C41H30O24/c42-17-5-11(6-18(43)26(17)48)35(53)65-41-34-33-31(21(60-41)10-59-36(54)13-4-2-1-3-12(13)23-14(37(55)63-33)7-19(44)27(49)29(23)51)61-39(57)16(9-22(46)47)24-25-15(38(56)64-34)8-20(45)28(50)32(25)62-40(58)30(24)52/h1-8,16,21,24,30-31,33-34,41-45,48-52H,9-10H2,(H,46,47)/t16-,21+,24-,30-,31+,33-,34+,41-/m0/s1. The highest BCUT2D eigenvalue weighted by Gasteiger charge is 2.58. The summed E-state index contributed by atoms with van der Waals surface area (Å²) in [5.74, 6) is -25.7. The van der Waals surface area contributed by atoms with Crippen LogP contribution >= 0.6 is 0 Å². The smallest absolute Gasteiger partial charge is 0.341 e. The Kier molecular flexibility index (Phi) is 10.6. The fraction of sp³-hybridized carbons (Fsp3) is 0.244. The predicted molar refractivity (Wildman–Crippen MR) is 201 cm³/mol.